The van der Waals surface area contributed by atoms with Gasteiger partial charge in [-0.2, -0.15) is 4.57 Å². The molecular weight excluding hydrogens is 442 g/mol. The van der Waals surface area contributed by atoms with Gasteiger partial charge in [-0.05, 0) is 42.5 Å². The van der Waals surface area contributed by atoms with Gasteiger partial charge in [-0.1, -0.05) is 23.9 Å². The van der Waals surface area contributed by atoms with Gasteiger partial charge in [0.1, 0.15) is 10.3 Å². The van der Waals surface area contributed by atoms with Gasteiger partial charge in [0.05, 0.1) is 21.4 Å². The number of pyridine rings is 1. The van der Waals surface area contributed by atoms with Gasteiger partial charge in [0.2, 0.25) is 17.6 Å². The Kier molecular flexibility index (Phi) is 2.41. The first kappa shape index (κ1) is 16.4. The van der Waals surface area contributed by atoms with E-state index in [-0.39, 0.29) is 0 Å². The second kappa shape index (κ2) is 4.99. The normalized spacial score (nSPS) is 18.8. The summed E-state index contributed by atoms with van der Waals surface area (Å²) in [5, 5.41) is 1.18. The van der Waals surface area contributed by atoms with E-state index < -0.39 is 0 Å². The molecule has 34 heavy (non-hydrogen) atoms. The van der Waals surface area contributed by atoms with Crippen molar-refractivity contribution >= 4 is 45.2 Å². The highest BCUT2D eigenvalue weighted by atomic mass is 32.2. The minimum atomic E-state index is 0.394. The van der Waals surface area contributed by atoms with Crippen molar-refractivity contribution in [3.63, 3.8) is 0 Å². The summed E-state index contributed by atoms with van der Waals surface area (Å²) in [6.07, 6.45) is 6.24. The molecule has 156 valence electrons. The smallest absolute Gasteiger partial charge is 0.371 e. The van der Waals surface area contributed by atoms with Crippen LogP contribution in [-0.4, -0.2) is 9.55 Å². The maximum atomic E-state index is 6.64. The van der Waals surface area contributed by atoms with Crippen LogP contribution in [0, 0.1) is 0 Å². The van der Waals surface area contributed by atoms with E-state index in [2.05, 4.69) is 93.0 Å². The van der Waals surface area contributed by atoms with E-state index in [0.29, 0.717) is 4.70 Å². The van der Waals surface area contributed by atoms with Crippen LogP contribution in [0.4, 0.5) is 11.4 Å². The van der Waals surface area contributed by atoms with Crippen LogP contribution in [0.1, 0.15) is 0 Å². The van der Waals surface area contributed by atoms with Crippen LogP contribution in [-0.2, 0) is 0 Å². The summed E-state index contributed by atoms with van der Waals surface area (Å²) in [4.78, 5) is 7.41. The Labute approximate surface area is 197 Å². The lowest BCUT2D eigenvalue weighted by molar-refractivity contribution is -1.02. The molecule has 4 aliphatic rings. The minimum Gasteiger partial charge on any atom is -0.444 e. The standard InChI is InChI=1S/C27H14N5OS/c1-2-13-29-17(7-1)15-5-3-8-18-25(15)32(29)26-19(33-18)10-11-21-24(26)31-23-16(6-4-9-20(23)34-21)22-27(31)30(32)14-12-28-22/h1-14H/q+3. The van der Waals surface area contributed by atoms with E-state index in [4.69, 9.17) is 9.72 Å². The number of hydrogen-bond acceptors (Lipinski definition) is 3. The van der Waals surface area contributed by atoms with E-state index >= 15 is 0 Å². The van der Waals surface area contributed by atoms with Crippen LogP contribution in [0.15, 0.2) is 95.1 Å². The summed E-state index contributed by atoms with van der Waals surface area (Å²) in [6, 6.07) is 23.7. The molecule has 0 saturated heterocycles. The zero-order chi connectivity index (χ0) is 21.8. The Morgan fingerprint density at radius 1 is 0.824 bits per heavy atom. The molecule has 0 bridgehead atoms. The van der Waals surface area contributed by atoms with Gasteiger partial charge >= 0.3 is 11.3 Å². The fourth-order valence-corrected chi connectivity index (χ4v) is 7.63. The SMILES string of the molecule is c1cc2c3c(c1)-c1cccc[n+]1[N+]31c3c(ccc4c3-n3c5c(cccc5c5ncc[n+]1c53)S4)O2. The van der Waals surface area contributed by atoms with Crippen molar-refractivity contribution in [1.82, 2.24) is 14.3 Å². The lowest BCUT2D eigenvalue weighted by Gasteiger charge is -2.33. The van der Waals surface area contributed by atoms with Gasteiger partial charge in [0.25, 0.3) is 11.4 Å². The van der Waals surface area contributed by atoms with Gasteiger partial charge in [-0.25, -0.2) is 4.98 Å². The molecule has 7 heterocycles. The number of hydrogen-bond donors (Lipinski definition) is 0. The largest absolute Gasteiger partial charge is 0.444 e. The highest BCUT2D eigenvalue weighted by Crippen LogP contribution is 2.62. The van der Waals surface area contributed by atoms with Crippen LogP contribution in [0.3, 0.4) is 0 Å². The monoisotopic (exact) mass is 456 g/mol. The van der Waals surface area contributed by atoms with Gasteiger partial charge in [-0.15, -0.1) is 0 Å². The molecule has 7 heteroatoms. The van der Waals surface area contributed by atoms with Crippen molar-refractivity contribution in [3.05, 3.63) is 85.3 Å². The first-order chi connectivity index (χ1) is 16.9. The summed E-state index contributed by atoms with van der Waals surface area (Å²) in [5.41, 5.74) is 9.17. The maximum absolute atomic E-state index is 6.64. The van der Waals surface area contributed by atoms with Gasteiger partial charge in [0, 0.05) is 21.5 Å². The highest BCUT2D eigenvalue weighted by Gasteiger charge is 2.70. The molecule has 3 aromatic carbocycles. The number of para-hydroxylation sites is 2. The molecule has 6 nitrogen and oxygen atoms in total. The molecule has 4 aliphatic heterocycles. The predicted octanol–water partition coefficient (Wildman–Crippen LogP) is 5.18. The quantitative estimate of drug-likeness (QED) is 0.233. The molecule has 1 unspecified atom stereocenters. The molecule has 0 N–H and O–H groups in total. The zero-order valence-electron chi connectivity index (χ0n) is 17.6. The molecule has 10 rings (SSSR count). The fraction of sp³-hybridized carbons (Fsp3) is 0. The number of benzene rings is 3. The molecule has 1 atom stereocenters. The lowest BCUT2D eigenvalue weighted by Crippen LogP contribution is -2.84. The van der Waals surface area contributed by atoms with Gasteiger partial charge < -0.3 is 4.74 Å². The van der Waals surface area contributed by atoms with E-state index in [9.17, 15) is 0 Å². The lowest BCUT2D eigenvalue weighted by atomic mass is 10.1. The predicted molar refractivity (Wildman–Crippen MR) is 127 cm³/mol. The molecule has 3 aromatic heterocycles. The zero-order valence-corrected chi connectivity index (χ0v) is 18.5. The van der Waals surface area contributed by atoms with Crippen molar-refractivity contribution in [2.75, 3.05) is 0 Å². The molecule has 1 spiro atoms. The number of fused-ring (bicyclic) bond motifs is 3. The Morgan fingerprint density at radius 2 is 1.76 bits per heavy atom. The van der Waals surface area contributed by atoms with E-state index in [0.717, 1.165) is 34.0 Å². The van der Waals surface area contributed by atoms with Crippen molar-refractivity contribution < 1.29 is 14.1 Å². The number of rotatable bonds is 0. The van der Waals surface area contributed by atoms with Crippen molar-refractivity contribution in [1.29, 1.82) is 0 Å². The average Bonchev–Trinajstić information content (AvgIpc) is 3.38. The molecule has 0 radical (unpaired) electrons. The van der Waals surface area contributed by atoms with Crippen molar-refractivity contribution in [3.8, 4) is 28.4 Å². The first-order valence-corrected chi connectivity index (χ1v) is 12.1. The Balaban J connectivity index is 1.59. The Morgan fingerprint density at radius 3 is 2.76 bits per heavy atom. The summed E-state index contributed by atoms with van der Waals surface area (Å²) >= 11 is 1.84. The topological polar surface area (TPSA) is 34.8 Å². The number of nitrogens with zero attached hydrogens (tertiary/aromatic N) is 5. The van der Waals surface area contributed by atoms with Crippen LogP contribution in [0.25, 0.3) is 39.0 Å². The third-order valence-corrected chi connectivity index (χ3v) is 8.73. The third-order valence-electron chi connectivity index (χ3n) is 7.63. The van der Waals surface area contributed by atoms with E-state index in [1.165, 1.54) is 37.6 Å². The van der Waals surface area contributed by atoms with Crippen LogP contribution >= 0.6 is 11.8 Å². The van der Waals surface area contributed by atoms with Gasteiger partial charge in [0.15, 0.2) is 23.0 Å². The van der Waals surface area contributed by atoms with Crippen LogP contribution in [0.2, 0.25) is 0 Å². The van der Waals surface area contributed by atoms with Gasteiger partial charge in [-0.3, -0.25) is 0 Å². The number of quaternary nitrogens is 1. The fourth-order valence-electron chi connectivity index (χ4n) is 6.53. The highest BCUT2D eigenvalue weighted by molar-refractivity contribution is 7.99. The first-order valence-electron chi connectivity index (χ1n) is 11.3. The molecule has 0 saturated carbocycles. The van der Waals surface area contributed by atoms with Crippen LogP contribution < -0.4 is 18.8 Å². The van der Waals surface area contributed by atoms with Crippen molar-refractivity contribution in [2.24, 2.45) is 0 Å². The van der Waals surface area contributed by atoms with Crippen molar-refractivity contribution in [2.45, 2.75) is 9.79 Å². The second-order valence-electron chi connectivity index (χ2n) is 9.08. The maximum Gasteiger partial charge on any atom is 0.371 e. The summed E-state index contributed by atoms with van der Waals surface area (Å²) in [7, 11) is 0. The number of ether oxygens (including phenoxy) is 1. The Hall–Kier alpha value is -4.20. The second-order valence-corrected chi connectivity index (χ2v) is 10.2. The summed E-state index contributed by atoms with van der Waals surface area (Å²) in [6.45, 7) is 0. The van der Waals surface area contributed by atoms with E-state index in [1.807, 2.05) is 18.0 Å². The molecular formula is C27H14N5OS+3. The summed E-state index contributed by atoms with van der Waals surface area (Å²) in [5.74, 6) is 1.78. The molecule has 0 amide bonds. The molecule has 0 aliphatic carbocycles. The average molecular weight is 457 g/mol. The Bertz CT molecular complexity index is 1990. The van der Waals surface area contributed by atoms with Crippen LogP contribution in [0.5, 0.6) is 11.5 Å². The van der Waals surface area contributed by atoms with E-state index in [1.54, 1.807) is 0 Å². The number of aromatic nitrogens is 4. The third kappa shape index (κ3) is 1.44. The minimum absolute atomic E-state index is 0.394. The molecule has 6 aromatic rings. The molecule has 0 fully saturated rings. The summed E-state index contributed by atoms with van der Waals surface area (Å²) < 4.78 is 14.2.